The lowest BCUT2D eigenvalue weighted by molar-refractivity contribution is 0.958. The van der Waals surface area contributed by atoms with Gasteiger partial charge in [0.1, 0.15) is 0 Å². The van der Waals surface area contributed by atoms with Crippen LogP contribution in [0, 0.1) is 3.57 Å². The van der Waals surface area contributed by atoms with Gasteiger partial charge in [0.2, 0.25) is 0 Å². The van der Waals surface area contributed by atoms with Gasteiger partial charge in [-0.15, -0.1) is 5.10 Å². The first-order chi connectivity index (χ1) is 4.70. The second-order valence-electron chi connectivity index (χ2n) is 2.13. The molecule has 0 N–H and O–H groups in total. The first kappa shape index (κ1) is 7.71. The topological polar surface area (TPSA) is 29.0 Å². The molecule has 0 aliphatic carbocycles. The van der Waals surface area contributed by atoms with E-state index in [2.05, 4.69) is 32.8 Å². The Kier molecular flexibility index (Phi) is 2.42. The van der Waals surface area contributed by atoms with Gasteiger partial charge >= 0.3 is 0 Å². The van der Waals surface area contributed by atoms with E-state index in [1.165, 1.54) is 0 Å². The van der Waals surface area contributed by atoms with Crippen molar-refractivity contribution in [3.63, 3.8) is 0 Å². The van der Waals surface area contributed by atoms with Gasteiger partial charge in [0.05, 0.1) is 6.20 Å². The summed E-state index contributed by atoms with van der Waals surface area (Å²) in [5.41, 5.74) is 0. The van der Waals surface area contributed by atoms with Gasteiger partial charge in [0.15, 0.2) is 5.82 Å². The van der Waals surface area contributed by atoms with E-state index in [-0.39, 0.29) is 0 Å². The predicted octanol–water partition coefficient (Wildman–Crippen LogP) is 1.15. The molecule has 1 heterocycles. The minimum Gasteiger partial charge on any atom is -0.361 e. The summed E-state index contributed by atoms with van der Waals surface area (Å²) < 4.78 is 1.11. The van der Waals surface area contributed by atoms with Crippen LogP contribution in [0.3, 0.4) is 0 Å². The number of halogens is 1. The van der Waals surface area contributed by atoms with Crippen LogP contribution in [0.4, 0.5) is 5.82 Å². The van der Waals surface area contributed by atoms with Gasteiger partial charge in [-0.25, -0.2) is 0 Å². The molecule has 0 amide bonds. The molecule has 0 aromatic carbocycles. The number of hydrogen-bond donors (Lipinski definition) is 0. The molecule has 0 aliphatic heterocycles. The van der Waals surface area contributed by atoms with Gasteiger partial charge < -0.3 is 4.90 Å². The van der Waals surface area contributed by atoms with Gasteiger partial charge in [0.25, 0.3) is 0 Å². The molecule has 1 aromatic heterocycles. The van der Waals surface area contributed by atoms with E-state index in [0.29, 0.717) is 0 Å². The second kappa shape index (κ2) is 3.14. The Morgan fingerprint density at radius 2 is 2.20 bits per heavy atom. The maximum atomic E-state index is 3.91. The predicted molar refractivity (Wildman–Crippen MR) is 49.1 cm³/mol. The Morgan fingerprint density at radius 1 is 1.50 bits per heavy atom. The Morgan fingerprint density at radius 3 is 2.60 bits per heavy atom. The van der Waals surface area contributed by atoms with Crippen LogP contribution in [0.2, 0.25) is 0 Å². The minimum atomic E-state index is 0.895. The van der Waals surface area contributed by atoms with Gasteiger partial charge in [-0.05, 0) is 28.7 Å². The maximum Gasteiger partial charge on any atom is 0.151 e. The average molecular weight is 249 g/mol. The highest BCUT2D eigenvalue weighted by Crippen LogP contribution is 2.08. The summed E-state index contributed by atoms with van der Waals surface area (Å²) >= 11 is 2.21. The lowest BCUT2D eigenvalue weighted by atomic mass is 10.5. The van der Waals surface area contributed by atoms with Crippen LogP contribution in [0.25, 0.3) is 0 Å². The number of nitrogens with zero attached hydrogens (tertiary/aromatic N) is 3. The molecule has 10 heavy (non-hydrogen) atoms. The molecule has 3 nitrogen and oxygen atoms in total. The van der Waals surface area contributed by atoms with E-state index >= 15 is 0 Å². The number of aromatic nitrogens is 2. The normalized spacial score (nSPS) is 9.50. The van der Waals surface area contributed by atoms with E-state index in [4.69, 9.17) is 0 Å². The third-order valence-electron chi connectivity index (χ3n) is 1.07. The Labute approximate surface area is 73.6 Å². The van der Waals surface area contributed by atoms with Crippen molar-refractivity contribution in [3.8, 4) is 0 Å². The fraction of sp³-hybridized carbons (Fsp3) is 0.333. The van der Waals surface area contributed by atoms with Crippen LogP contribution >= 0.6 is 22.6 Å². The first-order valence-electron chi connectivity index (χ1n) is 2.85. The summed E-state index contributed by atoms with van der Waals surface area (Å²) in [6, 6.07) is 1.98. The summed E-state index contributed by atoms with van der Waals surface area (Å²) in [6.07, 6.45) is 1.73. The number of rotatable bonds is 1. The molecule has 0 radical (unpaired) electrons. The van der Waals surface area contributed by atoms with Crippen LogP contribution in [0.1, 0.15) is 0 Å². The number of hydrogen-bond acceptors (Lipinski definition) is 3. The fourth-order valence-electron chi connectivity index (χ4n) is 0.551. The van der Waals surface area contributed by atoms with Crippen molar-refractivity contribution in [3.05, 3.63) is 15.8 Å². The van der Waals surface area contributed by atoms with Crippen LogP contribution in [0.15, 0.2) is 12.3 Å². The molecule has 0 spiro atoms. The molecular formula is C6H8IN3. The monoisotopic (exact) mass is 249 g/mol. The molecule has 0 bridgehead atoms. The Hall–Kier alpha value is -0.390. The van der Waals surface area contributed by atoms with Crippen molar-refractivity contribution in [2.75, 3.05) is 19.0 Å². The average Bonchev–Trinajstić information content (AvgIpc) is 1.88. The van der Waals surface area contributed by atoms with Crippen molar-refractivity contribution in [1.82, 2.24) is 10.2 Å². The van der Waals surface area contributed by atoms with Crippen molar-refractivity contribution in [1.29, 1.82) is 0 Å². The lowest BCUT2D eigenvalue weighted by Gasteiger charge is -2.08. The maximum absolute atomic E-state index is 3.91. The van der Waals surface area contributed by atoms with Crippen molar-refractivity contribution < 1.29 is 0 Å². The van der Waals surface area contributed by atoms with E-state index in [9.17, 15) is 0 Å². The molecule has 0 saturated heterocycles. The van der Waals surface area contributed by atoms with E-state index < -0.39 is 0 Å². The molecule has 0 aliphatic rings. The quantitative estimate of drug-likeness (QED) is 0.699. The zero-order valence-corrected chi connectivity index (χ0v) is 8.03. The van der Waals surface area contributed by atoms with Crippen LogP contribution in [-0.2, 0) is 0 Å². The second-order valence-corrected chi connectivity index (χ2v) is 3.37. The SMILES string of the molecule is CN(C)c1cc(I)cnn1. The third kappa shape index (κ3) is 1.80. The molecular weight excluding hydrogens is 241 g/mol. The Balaban J connectivity index is 2.96. The molecule has 0 fully saturated rings. The fourth-order valence-corrected chi connectivity index (χ4v) is 0.954. The van der Waals surface area contributed by atoms with Crippen LogP contribution < -0.4 is 4.90 Å². The molecule has 1 rings (SSSR count). The highest BCUT2D eigenvalue weighted by atomic mass is 127. The standard InChI is InChI=1S/C6H8IN3/c1-10(2)6-3-5(7)4-8-9-6/h3-4H,1-2H3. The third-order valence-corrected chi connectivity index (χ3v) is 1.66. The Bertz CT molecular complexity index is 224. The van der Waals surface area contributed by atoms with Gasteiger partial charge in [-0.2, -0.15) is 5.10 Å². The van der Waals surface area contributed by atoms with Crippen molar-refractivity contribution in [2.24, 2.45) is 0 Å². The summed E-state index contributed by atoms with van der Waals surface area (Å²) in [7, 11) is 3.89. The van der Waals surface area contributed by atoms with Gasteiger partial charge in [0, 0.05) is 17.7 Å². The molecule has 0 unspecified atom stereocenters. The summed E-state index contributed by atoms with van der Waals surface area (Å²) in [6.45, 7) is 0. The zero-order chi connectivity index (χ0) is 7.56. The number of anilines is 1. The molecule has 4 heteroatoms. The summed E-state index contributed by atoms with van der Waals surface area (Å²) in [4.78, 5) is 1.93. The molecule has 0 saturated carbocycles. The van der Waals surface area contributed by atoms with Crippen LogP contribution in [-0.4, -0.2) is 24.3 Å². The largest absolute Gasteiger partial charge is 0.361 e. The highest BCUT2D eigenvalue weighted by Gasteiger charge is 1.95. The summed E-state index contributed by atoms with van der Waals surface area (Å²) in [5.74, 6) is 0.895. The van der Waals surface area contributed by atoms with E-state index in [1.54, 1.807) is 6.20 Å². The minimum absolute atomic E-state index is 0.895. The smallest absolute Gasteiger partial charge is 0.151 e. The van der Waals surface area contributed by atoms with Crippen LogP contribution in [0.5, 0.6) is 0 Å². The molecule has 0 atom stereocenters. The zero-order valence-electron chi connectivity index (χ0n) is 5.87. The molecule has 54 valence electrons. The molecule has 1 aromatic rings. The van der Waals surface area contributed by atoms with Gasteiger partial charge in [-0.1, -0.05) is 0 Å². The van der Waals surface area contributed by atoms with E-state index in [0.717, 1.165) is 9.39 Å². The summed E-state index contributed by atoms with van der Waals surface area (Å²) in [5, 5.41) is 7.72. The van der Waals surface area contributed by atoms with Crippen molar-refractivity contribution >= 4 is 28.4 Å². The lowest BCUT2D eigenvalue weighted by Crippen LogP contribution is -2.11. The van der Waals surface area contributed by atoms with Gasteiger partial charge in [-0.3, -0.25) is 0 Å². The first-order valence-corrected chi connectivity index (χ1v) is 3.93. The van der Waals surface area contributed by atoms with E-state index in [1.807, 2.05) is 25.1 Å². The van der Waals surface area contributed by atoms with Crippen molar-refractivity contribution in [2.45, 2.75) is 0 Å². The highest BCUT2D eigenvalue weighted by molar-refractivity contribution is 14.1.